The standard InChI is InChI=1S/C18H12BrN3O7S2/c1-10(23)20-18-21-17(24)16(30-18)9-11-8-12(19)2-7-15(11)29-31(27,28)14-5-3-13(4-6-14)22(25)26/h2-9H,1H3,(H,20,21,23,24)/b16-9-. The Hall–Kier alpha value is -3.03. The van der Waals surface area contributed by atoms with Gasteiger partial charge in [0.05, 0.1) is 9.83 Å². The third-order valence-corrected chi connectivity index (χ3v) is 6.34. The molecule has 1 N–H and O–H groups in total. The summed E-state index contributed by atoms with van der Waals surface area (Å²) in [5, 5.41) is 13.3. The molecule has 10 nitrogen and oxygen atoms in total. The topological polar surface area (TPSA) is 145 Å². The average molecular weight is 526 g/mol. The van der Waals surface area contributed by atoms with Crippen molar-refractivity contribution in [2.24, 2.45) is 4.99 Å². The molecule has 0 saturated carbocycles. The van der Waals surface area contributed by atoms with Gasteiger partial charge in [-0.05, 0) is 48.2 Å². The van der Waals surface area contributed by atoms with Gasteiger partial charge in [-0.25, -0.2) is 0 Å². The molecule has 0 aromatic heterocycles. The van der Waals surface area contributed by atoms with Gasteiger partial charge in [0.1, 0.15) is 10.6 Å². The van der Waals surface area contributed by atoms with Crippen LogP contribution in [0.5, 0.6) is 5.75 Å². The number of carbonyl (C=O) groups is 2. The van der Waals surface area contributed by atoms with Gasteiger partial charge >= 0.3 is 10.1 Å². The first kappa shape index (κ1) is 22.7. The number of nitrogens with zero attached hydrogens (tertiary/aromatic N) is 2. The molecule has 1 heterocycles. The number of nitro benzene ring substituents is 1. The Bertz CT molecular complexity index is 1260. The van der Waals surface area contributed by atoms with E-state index < -0.39 is 20.9 Å². The third kappa shape index (κ3) is 5.57. The molecule has 3 rings (SSSR count). The average Bonchev–Trinajstić information content (AvgIpc) is 3.02. The highest BCUT2D eigenvalue weighted by molar-refractivity contribution is 9.10. The fraction of sp³-hybridized carbons (Fsp3) is 0.0556. The van der Waals surface area contributed by atoms with Crippen LogP contribution in [0.15, 0.2) is 61.7 Å². The first-order valence-corrected chi connectivity index (χ1v) is 11.4. The summed E-state index contributed by atoms with van der Waals surface area (Å²) < 4.78 is 31.1. The Kier molecular flexibility index (Phi) is 6.57. The Balaban J connectivity index is 1.91. The summed E-state index contributed by atoms with van der Waals surface area (Å²) in [5.74, 6) is -1.06. The Morgan fingerprint density at radius 2 is 1.94 bits per heavy atom. The number of hydrogen-bond donors (Lipinski definition) is 1. The number of hydrogen-bond acceptors (Lipinski definition) is 8. The summed E-state index contributed by atoms with van der Waals surface area (Å²) in [6.07, 6.45) is 1.39. The van der Waals surface area contributed by atoms with Gasteiger partial charge < -0.3 is 9.50 Å². The Morgan fingerprint density at radius 1 is 1.26 bits per heavy atom. The van der Waals surface area contributed by atoms with Gasteiger partial charge in [-0.2, -0.15) is 13.4 Å². The van der Waals surface area contributed by atoms with Gasteiger partial charge in [-0.1, -0.05) is 15.9 Å². The number of amidine groups is 1. The van der Waals surface area contributed by atoms with Crippen LogP contribution >= 0.6 is 27.7 Å². The van der Waals surface area contributed by atoms with Gasteiger partial charge in [0.2, 0.25) is 5.91 Å². The lowest BCUT2D eigenvalue weighted by Crippen LogP contribution is -2.23. The molecule has 0 aliphatic carbocycles. The van der Waals surface area contributed by atoms with Crippen LogP contribution in [-0.4, -0.2) is 30.3 Å². The molecule has 0 fully saturated rings. The van der Waals surface area contributed by atoms with Crippen LogP contribution < -0.4 is 9.50 Å². The molecule has 0 saturated heterocycles. The first-order valence-electron chi connectivity index (χ1n) is 8.34. The Labute approximate surface area is 188 Å². The summed E-state index contributed by atoms with van der Waals surface area (Å²) in [7, 11) is -4.31. The van der Waals surface area contributed by atoms with E-state index in [9.17, 15) is 28.1 Å². The number of amides is 2. The van der Waals surface area contributed by atoms with E-state index in [1.54, 1.807) is 6.07 Å². The lowest BCUT2D eigenvalue weighted by atomic mass is 10.2. The zero-order chi connectivity index (χ0) is 22.8. The minimum absolute atomic E-state index is 0.0737. The fourth-order valence-corrected chi connectivity index (χ4v) is 4.55. The van der Waals surface area contributed by atoms with E-state index in [1.807, 2.05) is 0 Å². The van der Waals surface area contributed by atoms with Crippen molar-refractivity contribution in [1.82, 2.24) is 5.32 Å². The van der Waals surface area contributed by atoms with Crippen LogP contribution in [0.3, 0.4) is 0 Å². The predicted molar refractivity (Wildman–Crippen MR) is 117 cm³/mol. The summed E-state index contributed by atoms with van der Waals surface area (Å²) in [6, 6.07) is 8.70. The second kappa shape index (κ2) is 8.99. The quantitative estimate of drug-likeness (QED) is 0.271. The Morgan fingerprint density at radius 3 is 2.55 bits per heavy atom. The molecular weight excluding hydrogens is 514 g/mol. The van der Waals surface area contributed by atoms with Crippen LogP contribution in [0.4, 0.5) is 5.69 Å². The second-order valence-corrected chi connectivity index (χ2v) is 9.48. The maximum atomic E-state index is 12.6. The normalized spacial score (nSPS) is 15.0. The second-order valence-electron chi connectivity index (χ2n) is 5.98. The van der Waals surface area contributed by atoms with Gasteiger partial charge in [0, 0.05) is 29.1 Å². The zero-order valence-corrected chi connectivity index (χ0v) is 18.8. The van der Waals surface area contributed by atoms with Crippen LogP contribution in [0.2, 0.25) is 0 Å². The van der Waals surface area contributed by atoms with Crippen molar-refractivity contribution < 1.29 is 27.1 Å². The van der Waals surface area contributed by atoms with Gasteiger partial charge in [0.25, 0.3) is 11.6 Å². The van der Waals surface area contributed by atoms with Gasteiger partial charge in [-0.15, -0.1) is 0 Å². The van der Waals surface area contributed by atoms with Crippen molar-refractivity contribution in [3.05, 3.63) is 67.5 Å². The molecule has 0 radical (unpaired) electrons. The minimum atomic E-state index is -4.31. The number of halogens is 1. The molecule has 160 valence electrons. The van der Waals surface area contributed by atoms with E-state index >= 15 is 0 Å². The van der Waals surface area contributed by atoms with E-state index in [0.29, 0.717) is 4.47 Å². The number of thioether (sulfide) groups is 1. The zero-order valence-electron chi connectivity index (χ0n) is 15.6. The van der Waals surface area contributed by atoms with Gasteiger partial charge in [-0.3, -0.25) is 19.7 Å². The van der Waals surface area contributed by atoms with Crippen LogP contribution in [0.1, 0.15) is 12.5 Å². The van der Waals surface area contributed by atoms with Crippen LogP contribution in [-0.2, 0) is 19.7 Å². The molecule has 13 heteroatoms. The molecule has 2 aromatic rings. The number of aliphatic imine (C=N–C) groups is 1. The predicted octanol–water partition coefficient (Wildman–Crippen LogP) is 3.23. The number of nitro groups is 1. The molecule has 0 unspecified atom stereocenters. The molecule has 0 bridgehead atoms. The first-order chi connectivity index (χ1) is 14.5. The highest BCUT2D eigenvalue weighted by atomic mass is 79.9. The highest BCUT2D eigenvalue weighted by Gasteiger charge is 2.24. The molecule has 1 aliphatic heterocycles. The summed E-state index contributed by atoms with van der Waals surface area (Å²) in [4.78, 5) is 37.0. The van der Waals surface area contributed by atoms with E-state index in [1.165, 1.54) is 25.1 Å². The molecule has 2 aromatic carbocycles. The van der Waals surface area contributed by atoms with Gasteiger partial charge in [0.15, 0.2) is 5.17 Å². The summed E-state index contributed by atoms with van der Waals surface area (Å²) >= 11 is 4.20. The maximum absolute atomic E-state index is 12.6. The fourth-order valence-electron chi connectivity index (χ4n) is 2.36. The molecule has 0 spiro atoms. The largest absolute Gasteiger partial charge is 0.378 e. The van der Waals surface area contributed by atoms with E-state index in [0.717, 1.165) is 36.0 Å². The monoisotopic (exact) mass is 525 g/mol. The number of benzene rings is 2. The summed E-state index contributed by atoms with van der Waals surface area (Å²) in [6.45, 7) is 1.28. The van der Waals surface area contributed by atoms with E-state index in [2.05, 4.69) is 26.2 Å². The van der Waals surface area contributed by atoms with Crippen LogP contribution in [0, 0.1) is 10.1 Å². The summed E-state index contributed by atoms with van der Waals surface area (Å²) in [5.41, 5.74) is -0.00486. The number of carbonyl (C=O) groups excluding carboxylic acids is 2. The number of non-ortho nitro benzene ring substituents is 1. The molecule has 1 aliphatic rings. The molecule has 0 atom stereocenters. The third-order valence-electron chi connectivity index (χ3n) is 3.70. The molecular formula is C18H12BrN3O7S2. The minimum Gasteiger partial charge on any atom is -0.378 e. The number of nitrogens with one attached hydrogen (secondary N) is 1. The lowest BCUT2D eigenvalue weighted by molar-refractivity contribution is -0.384. The van der Waals surface area contributed by atoms with Crippen LogP contribution in [0.25, 0.3) is 6.08 Å². The highest BCUT2D eigenvalue weighted by Crippen LogP contribution is 2.33. The molecule has 2 amide bonds. The van der Waals surface area contributed by atoms with Crippen molar-refractivity contribution in [2.75, 3.05) is 0 Å². The SMILES string of the molecule is CC(=O)NC1=NC(=O)/C(=C/c2cc(Br)ccc2OS(=O)(=O)c2ccc([N+](=O)[O-])cc2)S1. The van der Waals surface area contributed by atoms with E-state index in [-0.39, 0.29) is 37.9 Å². The van der Waals surface area contributed by atoms with E-state index in [4.69, 9.17) is 4.18 Å². The smallest absolute Gasteiger partial charge is 0.339 e. The van der Waals surface area contributed by atoms with Crippen molar-refractivity contribution in [1.29, 1.82) is 0 Å². The van der Waals surface area contributed by atoms with Crippen molar-refractivity contribution in [2.45, 2.75) is 11.8 Å². The number of rotatable bonds is 5. The lowest BCUT2D eigenvalue weighted by Gasteiger charge is -2.10. The molecule has 31 heavy (non-hydrogen) atoms. The van der Waals surface area contributed by atoms with Crippen molar-refractivity contribution in [3.63, 3.8) is 0 Å². The van der Waals surface area contributed by atoms with Crippen molar-refractivity contribution in [3.8, 4) is 5.75 Å². The van der Waals surface area contributed by atoms with Crippen molar-refractivity contribution >= 4 is 66.6 Å². The maximum Gasteiger partial charge on any atom is 0.339 e.